The van der Waals surface area contributed by atoms with Crippen LogP contribution in [0.4, 0.5) is 4.39 Å². The molecule has 1 aromatic heterocycles. The van der Waals surface area contributed by atoms with Gasteiger partial charge in [-0.15, -0.1) is 0 Å². The van der Waals surface area contributed by atoms with E-state index >= 15 is 0 Å². The van der Waals surface area contributed by atoms with Crippen LogP contribution in [0.1, 0.15) is 35.8 Å². The molecule has 0 saturated heterocycles. The highest BCUT2D eigenvalue weighted by Gasteiger charge is 2.26. The van der Waals surface area contributed by atoms with Gasteiger partial charge in [0.05, 0.1) is 24.4 Å². The number of nitrogens with one attached hydrogen (secondary N) is 1. The summed E-state index contributed by atoms with van der Waals surface area (Å²) in [7, 11) is 3.87. The van der Waals surface area contributed by atoms with Gasteiger partial charge in [-0.25, -0.2) is 4.39 Å². The molecule has 3 aromatic carbocycles. The fourth-order valence-electron chi connectivity index (χ4n) is 4.29. The number of fused-ring (bicyclic) bond motifs is 1. The van der Waals surface area contributed by atoms with E-state index in [1.165, 1.54) is 12.1 Å². The fourth-order valence-corrected chi connectivity index (χ4v) is 4.29. The number of aromatic amines is 1. The van der Waals surface area contributed by atoms with E-state index in [1.54, 1.807) is 29.3 Å². The van der Waals surface area contributed by atoms with E-state index in [-0.39, 0.29) is 17.8 Å². The summed E-state index contributed by atoms with van der Waals surface area (Å²) in [4.78, 5) is 17.7. The fraction of sp³-hybridized carbons (Fsp3) is 0.286. The number of nitrogens with zero attached hydrogens (tertiary/aromatic N) is 3. The average Bonchev–Trinajstić information content (AvgIpc) is 3.36. The van der Waals surface area contributed by atoms with Crippen molar-refractivity contribution >= 4 is 16.8 Å². The van der Waals surface area contributed by atoms with Gasteiger partial charge in [0.25, 0.3) is 5.91 Å². The Labute approximate surface area is 205 Å². The second kappa shape index (κ2) is 10.7. The minimum atomic E-state index is -0.319. The number of halogens is 1. The summed E-state index contributed by atoms with van der Waals surface area (Å²) in [6, 6.07) is 17.6. The Hall–Kier alpha value is -3.71. The van der Waals surface area contributed by atoms with Crippen LogP contribution in [0.5, 0.6) is 5.75 Å². The molecule has 0 radical (unpaired) electrons. The molecule has 1 amide bonds. The lowest BCUT2D eigenvalue weighted by Crippen LogP contribution is -2.38. The number of aromatic nitrogens is 2. The van der Waals surface area contributed by atoms with Gasteiger partial charge in [-0.3, -0.25) is 9.89 Å². The number of hydrogen-bond acceptors (Lipinski definition) is 4. The minimum absolute atomic E-state index is 0.122. The first kappa shape index (κ1) is 24.4. The SMILES string of the molecule is CCOc1cc(C(=O)N(C)[C@H](CN(C)CC)c2cccc3cn[nH]c23)ccc1-c1cccc(F)c1. The molecule has 0 aliphatic carbocycles. The van der Waals surface area contributed by atoms with Gasteiger partial charge in [-0.2, -0.15) is 5.10 Å². The first-order valence-corrected chi connectivity index (χ1v) is 11.8. The number of H-pyrrole nitrogens is 1. The summed E-state index contributed by atoms with van der Waals surface area (Å²) in [6.07, 6.45) is 1.79. The molecule has 4 rings (SSSR count). The molecule has 1 heterocycles. The highest BCUT2D eigenvalue weighted by molar-refractivity contribution is 5.96. The van der Waals surface area contributed by atoms with Crippen molar-refractivity contribution in [1.29, 1.82) is 0 Å². The number of hydrogen-bond donors (Lipinski definition) is 1. The van der Waals surface area contributed by atoms with Gasteiger partial charge in [0.1, 0.15) is 11.6 Å². The predicted molar refractivity (Wildman–Crippen MR) is 137 cm³/mol. The molecular weight excluding hydrogens is 443 g/mol. The van der Waals surface area contributed by atoms with Crippen molar-refractivity contribution in [3.05, 3.63) is 83.8 Å². The summed E-state index contributed by atoms with van der Waals surface area (Å²) < 4.78 is 19.7. The van der Waals surface area contributed by atoms with E-state index in [9.17, 15) is 9.18 Å². The Morgan fingerprint density at radius 3 is 2.63 bits per heavy atom. The Morgan fingerprint density at radius 1 is 1.09 bits per heavy atom. The third kappa shape index (κ3) is 5.20. The van der Waals surface area contributed by atoms with Crippen molar-refractivity contribution in [2.45, 2.75) is 19.9 Å². The molecule has 35 heavy (non-hydrogen) atoms. The molecule has 6 nitrogen and oxygen atoms in total. The van der Waals surface area contributed by atoms with Crippen LogP contribution in [0.2, 0.25) is 0 Å². The highest BCUT2D eigenvalue weighted by atomic mass is 19.1. The van der Waals surface area contributed by atoms with Crippen molar-refractivity contribution in [2.24, 2.45) is 0 Å². The summed E-state index contributed by atoms with van der Waals surface area (Å²) in [5, 5.41) is 8.30. The number of amides is 1. The normalized spacial score (nSPS) is 12.2. The van der Waals surface area contributed by atoms with Crippen LogP contribution >= 0.6 is 0 Å². The smallest absolute Gasteiger partial charge is 0.254 e. The van der Waals surface area contributed by atoms with Gasteiger partial charge < -0.3 is 14.5 Å². The zero-order chi connectivity index (χ0) is 24.9. The maximum absolute atomic E-state index is 13.8. The third-order valence-corrected chi connectivity index (χ3v) is 6.34. The van der Waals surface area contributed by atoms with E-state index in [4.69, 9.17) is 4.74 Å². The van der Waals surface area contributed by atoms with Crippen LogP contribution in [0.3, 0.4) is 0 Å². The Kier molecular flexibility index (Phi) is 7.46. The van der Waals surface area contributed by atoms with Gasteiger partial charge in [0.2, 0.25) is 0 Å². The summed E-state index contributed by atoms with van der Waals surface area (Å²) in [5.74, 6) is 0.110. The zero-order valence-corrected chi connectivity index (χ0v) is 20.6. The van der Waals surface area contributed by atoms with E-state index in [2.05, 4.69) is 22.0 Å². The van der Waals surface area contributed by atoms with E-state index in [0.717, 1.165) is 28.6 Å². The molecule has 7 heteroatoms. The highest BCUT2D eigenvalue weighted by Crippen LogP contribution is 2.33. The van der Waals surface area contributed by atoms with Gasteiger partial charge in [-0.05, 0) is 56.4 Å². The van der Waals surface area contributed by atoms with E-state index < -0.39 is 0 Å². The molecule has 1 N–H and O–H groups in total. The van der Waals surface area contributed by atoms with Crippen LogP contribution in [0.25, 0.3) is 22.0 Å². The largest absolute Gasteiger partial charge is 0.493 e. The zero-order valence-electron chi connectivity index (χ0n) is 20.6. The second-order valence-electron chi connectivity index (χ2n) is 8.62. The van der Waals surface area contributed by atoms with Crippen molar-refractivity contribution in [1.82, 2.24) is 20.0 Å². The molecule has 182 valence electrons. The van der Waals surface area contributed by atoms with Crippen LogP contribution < -0.4 is 4.74 Å². The number of para-hydroxylation sites is 1. The quantitative estimate of drug-likeness (QED) is 0.346. The number of carbonyl (C=O) groups is 1. The lowest BCUT2D eigenvalue weighted by Gasteiger charge is -2.32. The molecule has 0 bridgehead atoms. The van der Waals surface area contributed by atoms with Crippen molar-refractivity contribution in [3.8, 4) is 16.9 Å². The Morgan fingerprint density at radius 2 is 1.89 bits per heavy atom. The molecule has 0 saturated carbocycles. The topological polar surface area (TPSA) is 61.5 Å². The van der Waals surface area contributed by atoms with Gasteiger partial charge in [0, 0.05) is 35.7 Å². The number of benzene rings is 3. The third-order valence-electron chi connectivity index (χ3n) is 6.34. The number of carbonyl (C=O) groups excluding carboxylic acids is 1. The van der Waals surface area contributed by atoms with Gasteiger partial charge >= 0.3 is 0 Å². The van der Waals surface area contributed by atoms with Crippen LogP contribution in [0, 0.1) is 5.82 Å². The Bertz CT molecular complexity index is 1320. The maximum atomic E-state index is 13.8. The van der Waals surface area contributed by atoms with Crippen molar-refractivity contribution in [2.75, 3.05) is 33.8 Å². The maximum Gasteiger partial charge on any atom is 0.254 e. The molecule has 0 aliphatic rings. The molecule has 4 aromatic rings. The van der Waals surface area contributed by atoms with Crippen LogP contribution in [0.15, 0.2) is 66.9 Å². The standard InChI is InChI=1S/C28H31FN4O2/c1-5-32(3)18-25(24-12-8-10-21-17-30-31-27(21)24)33(4)28(34)20-13-14-23(26(16-20)35-6-2)19-9-7-11-22(29)15-19/h7-17,25H,5-6,18H2,1-4H3,(H,30,31)/t25-/m1/s1. The first-order valence-electron chi connectivity index (χ1n) is 11.8. The van der Waals surface area contributed by atoms with Crippen molar-refractivity contribution < 1.29 is 13.9 Å². The lowest BCUT2D eigenvalue weighted by molar-refractivity contribution is 0.0699. The minimum Gasteiger partial charge on any atom is -0.493 e. The number of ether oxygens (including phenoxy) is 1. The molecule has 0 spiro atoms. The molecule has 0 aliphatic heterocycles. The monoisotopic (exact) mass is 474 g/mol. The molecule has 0 fully saturated rings. The van der Waals surface area contributed by atoms with E-state index in [1.807, 2.05) is 51.4 Å². The lowest BCUT2D eigenvalue weighted by atomic mass is 9.99. The average molecular weight is 475 g/mol. The molecular formula is C28H31FN4O2. The molecule has 0 unspecified atom stereocenters. The summed E-state index contributed by atoms with van der Waals surface area (Å²) >= 11 is 0. The van der Waals surface area contributed by atoms with Crippen molar-refractivity contribution in [3.63, 3.8) is 0 Å². The van der Waals surface area contributed by atoms with E-state index in [0.29, 0.717) is 30.0 Å². The first-order chi connectivity index (χ1) is 16.9. The Balaban J connectivity index is 1.71. The van der Waals surface area contributed by atoms with Crippen LogP contribution in [-0.2, 0) is 0 Å². The van der Waals surface area contributed by atoms with Gasteiger partial charge in [-0.1, -0.05) is 37.3 Å². The van der Waals surface area contributed by atoms with Crippen LogP contribution in [-0.4, -0.2) is 59.7 Å². The molecule has 1 atom stereocenters. The summed E-state index contributed by atoms with van der Waals surface area (Å²) in [6.45, 7) is 5.93. The number of rotatable bonds is 9. The number of likely N-dealkylation sites (N-methyl/N-ethyl adjacent to an activating group) is 2. The second-order valence-corrected chi connectivity index (χ2v) is 8.62. The summed E-state index contributed by atoms with van der Waals surface area (Å²) in [5.41, 5.74) is 3.90. The van der Waals surface area contributed by atoms with Gasteiger partial charge in [0.15, 0.2) is 0 Å². The predicted octanol–water partition coefficient (Wildman–Crippen LogP) is 5.53.